The molecule has 3 heterocycles. The molecule has 0 aliphatic carbocycles. The van der Waals surface area contributed by atoms with Crippen LogP contribution < -0.4 is 5.32 Å². The van der Waals surface area contributed by atoms with Crippen LogP contribution in [0.4, 0.5) is 0 Å². The first kappa shape index (κ1) is 18.3. The van der Waals surface area contributed by atoms with Crippen molar-refractivity contribution in [3.8, 4) is 10.6 Å². The summed E-state index contributed by atoms with van der Waals surface area (Å²) < 4.78 is 5.34. The van der Waals surface area contributed by atoms with Gasteiger partial charge in [-0.05, 0) is 18.4 Å². The molecule has 1 fully saturated rings. The Kier molecular flexibility index (Phi) is 6.95. The highest BCUT2D eigenvalue weighted by molar-refractivity contribution is 7.99. The Morgan fingerprint density at radius 2 is 2.48 bits per heavy atom. The normalized spacial score (nSPS) is 17.8. The van der Waals surface area contributed by atoms with Gasteiger partial charge in [-0.1, -0.05) is 11.2 Å². The molecular formula is C15H20ClN3O2S2. The van der Waals surface area contributed by atoms with Gasteiger partial charge < -0.3 is 14.7 Å². The maximum absolute atomic E-state index is 12.2. The molecule has 1 aliphatic rings. The molecule has 2 aromatic rings. The molecule has 0 radical (unpaired) electrons. The third-order valence-corrected chi connectivity index (χ3v) is 5.46. The molecule has 23 heavy (non-hydrogen) atoms. The van der Waals surface area contributed by atoms with E-state index < -0.39 is 0 Å². The minimum Gasteiger partial charge on any atom is -0.355 e. The van der Waals surface area contributed by atoms with E-state index in [2.05, 4.69) is 17.4 Å². The molecule has 3 rings (SSSR count). The Labute approximate surface area is 150 Å². The van der Waals surface area contributed by atoms with Crippen LogP contribution >= 0.6 is 35.5 Å². The number of nitrogens with one attached hydrogen (secondary N) is 1. The van der Waals surface area contributed by atoms with E-state index in [0.29, 0.717) is 11.5 Å². The van der Waals surface area contributed by atoms with Crippen LogP contribution in [0.3, 0.4) is 0 Å². The fraction of sp³-hybridized carbons (Fsp3) is 0.467. The molecule has 0 aromatic carbocycles. The van der Waals surface area contributed by atoms with Crippen LogP contribution in [-0.4, -0.2) is 47.4 Å². The van der Waals surface area contributed by atoms with E-state index in [4.69, 9.17) is 4.52 Å². The first-order valence-corrected chi connectivity index (χ1v) is 9.35. The molecule has 2 aromatic heterocycles. The molecule has 0 spiro atoms. The van der Waals surface area contributed by atoms with Gasteiger partial charge in [0.1, 0.15) is 0 Å². The number of rotatable bonds is 5. The topological polar surface area (TPSA) is 58.4 Å². The number of carbonyl (C=O) groups is 1. The fourth-order valence-corrected chi connectivity index (χ4v) is 3.91. The van der Waals surface area contributed by atoms with Gasteiger partial charge in [-0.2, -0.15) is 0 Å². The zero-order valence-corrected chi connectivity index (χ0v) is 15.3. The van der Waals surface area contributed by atoms with Crippen molar-refractivity contribution in [2.75, 3.05) is 25.4 Å². The largest absolute Gasteiger partial charge is 0.355 e. The SMILES string of the molecule is C[C@@H]1CNCCN1C(=O)CSCc1cc(-c2cccs2)on1.Cl. The van der Waals surface area contributed by atoms with Gasteiger partial charge in [0, 0.05) is 37.5 Å². The number of carbonyl (C=O) groups excluding carboxylic acids is 1. The monoisotopic (exact) mass is 373 g/mol. The fourth-order valence-electron chi connectivity index (χ4n) is 2.45. The second kappa shape index (κ2) is 8.73. The van der Waals surface area contributed by atoms with Crippen LogP contribution in [0, 0.1) is 0 Å². The van der Waals surface area contributed by atoms with Crippen LogP contribution in [0.1, 0.15) is 12.6 Å². The smallest absolute Gasteiger partial charge is 0.232 e. The maximum atomic E-state index is 12.2. The summed E-state index contributed by atoms with van der Waals surface area (Å²) in [5.74, 6) is 2.20. The molecule has 0 bridgehead atoms. The molecule has 0 unspecified atom stereocenters. The summed E-state index contributed by atoms with van der Waals surface area (Å²) in [6.45, 7) is 4.64. The number of amides is 1. The van der Waals surface area contributed by atoms with E-state index in [1.54, 1.807) is 23.1 Å². The number of hydrogen-bond donors (Lipinski definition) is 1. The van der Waals surface area contributed by atoms with Gasteiger partial charge in [0.2, 0.25) is 5.91 Å². The van der Waals surface area contributed by atoms with E-state index in [9.17, 15) is 4.79 Å². The van der Waals surface area contributed by atoms with Gasteiger partial charge in [0.15, 0.2) is 5.76 Å². The average molecular weight is 374 g/mol. The van der Waals surface area contributed by atoms with Crippen molar-refractivity contribution < 1.29 is 9.32 Å². The van der Waals surface area contributed by atoms with E-state index >= 15 is 0 Å². The molecule has 8 heteroatoms. The summed E-state index contributed by atoms with van der Waals surface area (Å²) in [6.07, 6.45) is 0. The summed E-state index contributed by atoms with van der Waals surface area (Å²) >= 11 is 3.22. The van der Waals surface area contributed by atoms with Crippen molar-refractivity contribution in [2.24, 2.45) is 0 Å². The maximum Gasteiger partial charge on any atom is 0.232 e. The Balaban J connectivity index is 0.00000192. The zero-order chi connectivity index (χ0) is 15.4. The lowest BCUT2D eigenvalue weighted by Gasteiger charge is -2.33. The number of piperazine rings is 1. The highest BCUT2D eigenvalue weighted by Gasteiger charge is 2.22. The number of hydrogen-bond acceptors (Lipinski definition) is 6. The van der Waals surface area contributed by atoms with Crippen molar-refractivity contribution in [3.63, 3.8) is 0 Å². The lowest BCUT2D eigenvalue weighted by atomic mass is 10.2. The number of thiophene rings is 1. The van der Waals surface area contributed by atoms with Crippen LogP contribution in [-0.2, 0) is 10.5 Å². The molecule has 1 amide bonds. The van der Waals surface area contributed by atoms with Crippen molar-refractivity contribution in [1.82, 2.24) is 15.4 Å². The predicted molar refractivity (Wildman–Crippen MR) is 97.3 cm³/mol. The summed E-state index contributed by atoms with van der Waals surface area (Å²) in [5.41, 5.74) is 0.884. The highest BCUT2D eigenvalue weighted by Crippen LogP contribution is 2.26. The summed E-state index contributed by atoms with van der Waals surface area (Å²) in [5, 5.41) is 9.38. The molecule has 126 valence electrons. The van der Waals surface area contributed by atoms with Crippen LogP contribution in [0.5, 0.6) is 0 Å². The lowest BCUT2D eigenvalue weighted by Crippen LogP contribution is -2.52. The lowest BCUT2D eigenvalue weighted by molar-refractivity contribution is -0.131. The van der Waals surface area contributed by atoms with E-state index in [-0.39, 0.29) is 24.4 Å². The molecule has 1 atom stereocenters. The standard InChI is InChI=1S/C15H19N3O2S2.ClH/c1-11-8-16-4-5-18(11)15(19)10-21-9-12-7-13(20-17-12)14-3-2-6-22-14;/h2-3,6-7,11,16H,4-5,8-10H2,1H3;1H/t11-;/m1./s1. The minimum absolute atomic E-state index is 0. The van der Waals surface area contributed by atoms with E-state index in [1.807, 2.05) is 28.5 Å². The Hall–Kier alpha value is -1.02. The first-order valence-electron chi connectivity index (χ1n) is 7.31. The van der Waals surface area contributed by atoms with Gasteiger partial charge in [-0.25, -0.2) is 0 Å². The average Bonchev–Trinajstić information content (AvgIpc) is 3.18. The minimum atomic E-state index is 0. The van der Waals surface area contributed by atoms with Crippen LogP contribution in [0.15, 0.2) is 28.1 Å². The number of aromatic nitrogens is 1. The second-order valence-electron chi connectivity index (χ2n) is 5.29. The Morgan fingerprint density at radius 3 is 3.22 bits per heavy atom. The van der Waals surface area contributed by atoms with Gasteiger partial charge >= 0.3 is 0 Å². The highest BCUT2D eigenvalue weighted by atomic mass is 35.5. The molecule has 1 N–H and O–H groups in total. The molecule has 1 aliphatic heterocycles. The summed E-state index contributed by atoms with van der Waals surface area (Å²) in [4.78, 5) is 15.3. The number of thioether (sulfide) groups is 1. The first-order chi connectivity index (χ1) is 10.7. The van der Waals surface area contributed by atoms with E-state index in [0.717, 1.165) is 36.0 Å². The van der Waals surface area contributed by atoms with Crippen molar-refractivity contribution >= 4 is 41.4 Å². The number of nitrogens with zero attached hydrogens (tertiary/aromatic N) is 2. The second-order valence-corrected chi connectivity index (χ2v) is 7.23. The summed E-state index contributed by atoms with van der Waals surface area (Å²) in [6, 6.07) is 6.23. The van der Waals surface area contributed by atoms with Gasteiger partial charge in [0.05, 0.1) is 16.3 Å². The van der Waals surface area contributed by atoms with Crippen molar-refractivity contribution in [3.05, 3.63) is 29.3 Å². The third-order valence-electron chi connectivity index (χ3n) is 3.62. The predicted octanol–water partition coefficient (Wildman–Crippen LogP) is 2.88. The van der Waals surface area contributed by atoms with Crippen molar-refractivity contribution in [1.29, 1.82) is 0 Å². The van der Waals surface area contributed by atoms with Crippen molar-refractivity contribution in [2.45, 2.75) is 18.7 Å². The molecular weight excluding hydrogens is 354 g/mol. The Morgan fingerprint density at radius 1 is 1.61 bits per heavy atom. The van der Waals surface area contributed by atoms with Crippen LogP contribution in [0.25, 0.3) is 10.6 Å². The van der Waals surface area contributed by atoms with Gasteiger partial charge in [-0.3, -0.25) is 4.79 Å². The summed E-state index contributed by atoms with van der Waals surface area (Å²) in [7, 11) is 0. The third kappa shape index (κ3) is 4.73. The van der Waals surface area contributed by atoms with Crippen LogP contribution in [0.2, 0.25) is 0 Å². The zero-order valence-electron chi connectivity index (χ0n) is 12.9. The molecule has 1 saturated heterocycles. The van der Waals surface area contributed by atoms with Gasteiger partial charge in [-0.15, -0.1) is 35.5 Å². The quantitative estimate of drug-likeness (QED) is 0.873. The van der Waals surface area contributed by atoms with Gasteiger partial charge in [0.25, 0.3) is 0 Å². The molecule has 0 saturated carbocycles. The Bertz CT molecular complexity index is 618. The number of halogens is 1. The molecule has 5 nitrogen and oxygen atoms in total. The van der Waals surface area contributed by atoms with E-state index in [1.165, 1.54) is 0 Å².